The molecule has 6 heteroatoms. The number of rotatable bonds is 0. The molecule has 16 heavy (non-hydrogen) atoms. The van der Waals surface area contributed by atoms with Gasteiger partial charge in [-0.05, 0) is 18.2 Å². The van der Waals surface area contributed by atoms with Crippen LogP contribution in [0.2, 0.25) is 0 Å². The minimum absolute atomic E-state index is 0.0262. The molecule has 0 amide bonds. The van der Waals surface area contributed by atoms with Crippen molar-refractivity contribution in [2.75, 3.05) is 0 Å². The second-order valence-corrected chi connectivity index (χ2v) is 4.00. The Morgan fingerprint density at radius 3 is 2.44 bits per heavy atom. The number of nitrogens with zero attached hydrogens (tertiary/aromatic N) is 1. The van der Waals surface area contributed by atoms with Crippen LogP contribution < -0.4 is 0 Å². The molecule has 0 aliphatic rings. The topological polar surface area (TPSA) is 12.9 Å². The largest absolute Gasteiger partial charge is 0.433 e. The quantitative estimate of drug-likeness (QED) is 0.665. The van der Waals surface area contributed by atoms with Crippen LogP contribution in [0, 0.1) is 5.82 Å². The molecule has 0 aliphatic heterocycles. The molecule has 1 aromatic carbocycles. The van der Waals surface area contributed by atoms with Crippen LogP contribution in [0.25, 0.3) is 10.9 Å². The summed E-state index contributed by atoms with van der Waals surface area (Å²) in [5.74, 6) is -0.619. The molecule has 2 aromatic rings. The summed E-state index contributed by atoms with van der Waals surface area (Å²) in [6.45, 7) is 0. The molecule has 0 unspecified atom stereocenters. The van der Waals surface area contributed by atoms with E-state index < -0.39 is 17.7 Å². The molecule has 1 nitrogen and oxygen atoms in total. The first-order chi connectivity index (χ1) is 7.38. The highest BCUT2D eigenvalue weighted by atomic mass is 79.9. The van der Waals surface area contributed by atoms with Gasteiger partial charge in [-0.2, -0.15) is 13.2 Å². The minimum atomic E-state index is -4.54. The van der Waals surface area contributed by atoms with Crippen molar-refractivity contribution in [1.29, 1.82) is 0 Å². The van der Waals surface area contributed by atoms with Gasteiger partial charge in [0, 0.05) is 15.9 Å². The second-order valence-electron chi connectivity index (χ2n) is 3.15. The molecule has 0 radical (unpaired) electrons. The Labute approximate surface area is 96.2 Å². The summed E-state index contributed by atoms with van der Waals surface area (Å²) in [4.78, 5) is 3.37. The van der Waals surface area contributed by atoms with E-state index in [1.54, 1.807) is 0 Å². The number of halogens is 5. The summed E-state index contributed by atoms with van der Waals surface area (Å²) in [7, 11) is 0. The monoisotopic (exact) mass is 293 g/mol. The van der Waals surface area contributed by atoms with Crippen LogP contribution in [0.1, 0.15) is 5.69 Å². The predicted octanol–water partition coefficient (Wildman–Crippen LogP) is 4.16. The number of alkyl halides is 3. The van der Waals surface area contributed by atoms with Crippen LogP contribution in [-0.2, 0) is 6.18 Å². The highest BCUT2D eigenvalue weighted by molar-refractivity contribution is 9.10. The van der Waals surface area contributed by atoms with E-state index in [0.29, 0.717) is 5.39 Å². The summed E-state index contributed by atoms with van der Waals surface area (Å²) in [6.07, 6.45) is -4.54. The van der Waals surface area contributed by atoms with Crippen LogP contribution >= 0.6 is 15.9 Å². The van der Waals surface area contributed by atoms with Crippen molar-refractivity contribution in [2.45, 2.75) is 6.18 Å². The Kier molecular flexibility index (Phi) is 2.61. The summed E-state index contributed by atoms with van der Waals surface area (Å²) < 4.78 is 50.4. The third-order valence-corrected chi connectivity index (χ3v) is 2.67. The maximum absolute atomic E-state index is 12.9. The lowest BCUT2D eigenvalue weighted by Gasteiger charge is -2.08. The summed E-state index contributed by atoms with van der Waals surface area (Å²) in [5.41, 5.74) is -1.07. The van der Waals surface area contributed by atoms with Crippen molar-refractivity contribution in [1.82, 2.24) is 4.98 Å². The van der Waals surface area contributed by atoms with Gasteiger partial charge in [0.2, 0.25) is 0 Å². The average Bonchev–Trinajstić information content (AvgIpc) is 2.15. The van der Waals surface area contributed by atoms with Gasteiger partial charge in [-0.3, -0.25) is 0 Å². The zero-order valence-corrected chi connectivity index (χ0v) is 9.23. The highest BCUT2D eigenvalue weighted by Gasteiger charge is 2.33. The van der Waals surface area contributed by atoms with E-state index in [1.165, 1.54) is 12.1 Å². The molecule has 0 bridgehead atoms. The summed E-state index contributed by atoms with van der Waals surface area (Å²) >= 11 is 3.00. The van der Waals surface area contributed by atoms with Crippen LogP contribution in [0.3, 0.4) is 0 Å². The third kappa shape index (κ3) is 2.02. The van der Waals surface area contributed by atoms with Crippen molar-refractivity contribution in [2.24, 2.45) is 0 Å². The zero-order valence-electron chi connectivity index (χ0n) is 7.65. The van der Waals surface area contributed by atoms with Gasteiger partial charge in [0.1, 0.15) is 11.5 Å². The molecule has 0 saturated heterocycles. The number of benzene rings is 1. The van der Waals surface area contributed by atoms with Crippen molar-refractivity contribution in [3.63, 3.8) is 0 Å². The van der Waals surface area contributed by atoms with Gasteiger partial charge >= 0.3 is 6.18 Å². The lowest BCUT2D eigenvalue weighted by molar-refractivity contribution is -0.141. The standard InChI is InChI=1S/C10H4BrF4N/c11-7-4-9(10(13,14)15)16-8-3-5(12)1-2-6(7)8/h1-4H. The zero-order chi connectivity index (χ0) is 11.9. The Morgan fingerprint density at radius 1 is 1.12 bits per heavy atom. The Hall–Kier alpha value is -1.17. The fraction of sp³-hybridized carbons (Fsp3) is 0.100. The van der Waals surface area contributed by atoms with Crippen molar-refractivity contribution < 1.29 is 17.6 Å². The fourth-order valence-corrected chi connectivity index (χ4v) is 1.86. The molecule has 0 atom stereocenters. The molecule has 0 fully saturated rings. The van der Waals surface area contributed by atoms with E-state index in [2.05, 4.69) is 20.9 Å². The van der Waals surface area contributed by atoms with Gasteiger partial charge in [-0.15, -0.1) is 0 Å². The van der Waals surface area contributed by atoms with Crippen LogP contribution in [-0.4, -0.2) is 4.98 Å². The van der Waals surface area contributed by atoms with E-state index >= 15 is 0 Å². The van der Waals surface area contributed by atoms with Crippen LogP contribution in [0.15, 0.2) is 28.7 Å². The average molecular weight is 294 g/mol. The maximum Gasteiger partial charge on any atom is 0.433 e. The molecular formula is C10H4BrF4N. The molecule has 0 N–H and O–H groups in total. The van der Waals surface area contributed by atoms with Gasteiger partial charge in [0.25, 0.3) is 0 Å². The molecule has 1 heterocycles. The van der Waals surface area contributed by atoms with Crippen LogP contribution in [0.4, 0.5) is 17.6 Å². The van der Waals surface area contributed by atoms with Gasteiger partial charge in [-0.25, -0.2) is 9.37 Å². The van der Waals surface area contributed by atoms with E-state index in [1.807, 2.05) is 0 Å². The first kappa shape index (κ1) is 11.3. The van der Waals surface area contributed by atoms with Gasteiger partial charge in [0.15, 0.2) is 0 Å². The summed E-state index contributed by atoms with van der Waals surface area (Å²) in [5, 5.41) is 0.439. The SMILES string of the molecule is Fc1ccc2c(Br)cc(C(F)(F)F)nc2c1. The van der Waals surface area contributed by atoms with E-state index in [-0.39, 0.29) is 9.99 Å². The molecular weight excluding hydrogens is 290 g/mol. The predicted molar refractivity (Wildman–Crippen MR) is 54.4 cm³/mol. The number of hydrogen-bond acceptors (Lipinski definition) is 1. The van der Waals surface area contributed by atoms with Crippen molar-refractivity contribution in [3.05, 3.63) is 40.2 Å². The van der Waals surface area contributed by atoms with Crippen LogP contribution in [0.5, 0.6) is 0 Å². The maximum atomic E-state index is 12.9. The molecule has 1 aromatic heterocycles. The van der Waals surface area contributed by atoms with Gasteiger partial charge in [0.05, 0.1) is 5.52 Å². The molecule has 84 valence electrons. The van der Waals surface area contributed by atoms with Crippen molar-refractivity contribution in [3.8, 4) is 0 Å². The summed E-state index contributed by atoms with van der Waals surface area (Å²) in [6, 6.07) is 4.39. The fourth-order valence-electron chi connectivity index (χ4n) is 1.30. The number of fused-ring (bicyclic) bond motifs is 1. The normalized spacial score (nSPS) is 12.1. The molecule has 0 spiro atoms. The van der Waals surface area contributed by atoms with E-state index in [0.717, 1.165) is 12.1 Å². The Morgan fingerprint density at radius 2 is 1.81 bits per heavy atom. The smallest absolute Gasteiger partial charge is 0.243 e. The van der Waals surface area contributed by atoms with E-state index in [4.69, 9.17) is 0 Å². The highest BCUT2D eigenvalue weighted by Crippen LogP contribution is 2.33. The molecule has 2 rings (SSSR count). The Balaban J connectivity index is 2.75. The van der Waals surface area contributed by atoms with Gasteiger partial charge in [-0.1, -0.05) is 15.9 Å². The number of hydrogen-bond donors (Lipinski definition) is 0. The number of pyridine rings is 1. The Bertz CT molecular complexity index is 550. The first-order valence-electron chi connectivity index (χ1n) is 4.21. The lowest BCUT2D eigenvalue weighted by atomic mass is 10.2. The van der Waals surface area contributed by atoms with Gasteiger partial charge < -0.3 is 0 Å². The molecule has 0 aliphatic carbocycles. The lowest BCUT2D eigenvalue weighted by Crippen LogP contribution is -2.08. The number of aromatic nitrogens is 1. The van der Waals surface area contributed by atoms with Crippen molar-refractivity contribution >= 4 is 26.8 Å². The molecule has 0 saturated carbocycles. The second kappa shape index (κ2) is 3.69. The minimum Gasteiger partial charge on any atom is -0.243 e. The third-order valence-electron chi connectivity index (χ3n) is 2.01. The van der Waals surface area contributed by atoms with E-state index in [9.17, 15) is 17.6 Å². The first-order valence-corrected chi connectivity index (χ1v) is 5.00.